The molecule has 0 N–H and O–H groups in total. The molecule has 0 amide bonds. The molecule has 0 atom stereocenters. The van der Waals surface area contributed by atoms with E-state index >= 15 is 0 Å². The Kier molecular flexibility index (Phi) is 0.794. The van der Waals surface area contributed by atoms with Crippen molar-refractivity contribution in [3.8, 4) is 0 Å². The van der Waals surface area contributed by atoms with Crippen LogP contribution in [0.5, 0.6) is 0 Å². The van der Waals surface area contributed by atoms with Gasteiger partial charge in [-0.3, -0.25) is 0 Å². The van der Waals surface area contributed by atoms with Crippen molar-refractivity contribution < 1.29 is 0 Å². The zero-order valence-electron chi connectivity index (χ0n) is 4.91. The van der Waals surface area contributed by atoms with Gasteiger partial charge in [-0.15, -0.1) is 0 Å². The molecule has 1 aromatic rings. The minimum absolute atomic E-state index is 1.22. The molecule has 1 aromatic carbocycles. The van der Waals surface area contributed by atoms with E-state index in [1.54, 1.807) is 0 Å². The number of fused-ring (bicyclic) bond motifs is 1. The van der Waals surface area contributed by atoms with Gasteiger partial charge in [0.1, 0.15) is 0 Å². The van der Waals surface area contributed by atoms with Crippen molar-refractivity contribution in [2.75, 3.05) is 0 Å². The Morgan fingerprint density at radius 3 is 2.00 bits per heavy atom. The first-order chi connectivity index (χ1) is 4.47. The van der Waals surface area contributed by atoms with Gasteiger partial charge < -0.3 is 0 Å². The first kappa shape index (κ1) is 4.54. The normalized spacial score (nSPS) is 12.0. The van der Waals surface area contributed by atoms with Crippen molar-refractivity contribution in [2.45, 2.75) is 0 Å². The van der Waals surface area contributed by atoms with E-state index in [2.05, 4.69) is 16.8 Å². The molecule has 9 heavy (non-hydrogen) atoms. The minimum Gasteiger partial charge on any atom is -0.0996 e. The fourth-order valence-corrected chi connectivity index (χ4v) is 0.944. The molecule has 1 aliphatic rings. The third kappa shape index (κ3) is 0.592. The van der Waals surface area contributed by atoms with E-state index in [-0.39, 0.29) is 0 Å². The second kappa shape index (κ2) is 1.57. The summed E-state index contributed by atoms with van der Waals surface area (Å²) in [5, 5.41) is 0. The fraction of sp³-hybridized carbons (Fsp3) is 0. The molecule has 0 aliphatic carbocycles. The summed E-state index contributed by atoms with van der Waals surface area (Å²) in [7, 11) is 0. The summed E-state index contributed by atoms with van der Waals surface area (Å²) in [5.41, 5.74) is 2.44. The van der Waals surface area contributed by atoms with Gasteiger partial charge in [-0.2, -0.15) is 0 Å². The average Bonchev–Trinajstić information content (AvgIpc) is 2.33. The van der Waals surface area contributed by atoms with E-state index in [1.165, 1.54) is 11.1 Å². The Morgan fingerprint density at radius 2 is 1.44 bits per heavy atom. The lowest BCUT2D eigenvalue weighted by atomic mass is 10.1. The van der Waals surface area contributed by atoms with Gasteiger partial charge in [0, 0.05) is 0 Å². The fourth-order valence-electron chi connectivity index (χ4n) is 0.944. The van der Waals surface area contributed by atoms with Gasteiger partial charge in [0.15, 0.2) is 0 Å². The molecule has 0 unspecified atom stereocenters. The van der Waals surface area contributed by atoms with E-state index in [9.17, 15) is 0 Å². The van der Waals surface area contributed by atoms with E-state index in [0.29, 0.717) is 0 Å². The van der Waals surface area contributed by atoms with Crippen LogP contribution in [0, 0.1) is 0 Å². The summed E-state index contributed by atoms with van der Waals surface area (Å²) in [4.78, 5) is 0. The van der Waals surface area contributed by atoms with Gasteiger partial charge in [0.05, 0.1) is 11.1 Å². The average molecular weight is 116 g/mol. The standard InChI is InChI=1S/C8H6N/c1-2-4-8-6-9-5-7(8)3-1/h1-6H/q+1. The molecule has 42 valence electrons. The van der Waals surface area contributed by atoms with Crippen LogP contribution in [0.25, 0.3) is 0 Å². The topological polar surface area (TPSA) is 14.1 Å². The predicted octanol–water partition coefficient (Wildman–Crippen LogP) is 0.605. The van der Waals surface area contributed by atoms with Gasteiger partial charge >= 0.3 is 0 Å². The Labute approximate surface area is 53.4 Å². The molecule has 0 fully saturated rings. The molecule has 0 saturated carbocycles. The maximum Gasteiger partial charge on any atom is 0.300 e. The third-order valence-corrected chi connectivity index (χ3v) is 1.42. The Balaban J connectivity index is 2.72. The van der Waals surface area contributed by atoms with Crippen LogP contribution >= 0.6 is 0 Å². The summed E-state index contributed by atoms with van der Waals surface area (Å²) in [6.07, 6.45) is 3.74. The SMILES string of the molecule is C1=[N+]=Cc2ccccc21. The molecular formula is C8H6N+. The van der Waals surface area contributed by atoms with Crippen LogP contribution in [0.3, 0.4) is 0 Å². The second-order valence-corrected chi connectivity index (χ2v) is 2.04. The molecule has 0 bridgehead atoms. The zero-order valence-corrected chi connectivity index (χ0v) is 4.91. The van der Waals surface area contributed by atoms with Crippen molar-refractivity contribution in [3.05, 3.63) is 35.4 Å². The maximum atomic E-state index is 4.00. The van der Waals surface area contributed by atoms with Gasteiger partial charge in [-0.05, 0) is 12.1 Å². The molecule has 1 heteroatoms. The largest absolute Gasteiger partial charge is 0.300 e. The van der Waals surface area contributed by atoms with Gasteiger partial charge in [0.2, 0.25) is 0 Å². The lowest BCUT2D eigenvalue weighted by molar-refractivity contribution is 1.67. The highest BCUT2D eigenvalue weighted by Gasteiger charge is 2.07. The summed E-state index contributed by atoms with van der Waals surface area (Å²) >= 11 is 0. The lowest BCUT2D eigenvalue weighted by Crippen LogP contribution is -1.81. The quantitative estimate of drug-likeness (QED) is 0.448. The highest BCUT2D eigenvalue weighted by atomic mass is 14.6. The van der Waals surface area contributed by atoms with E-state index in [0.717, 1.165) is 0 Å². The number of nitrogens with zero attached hydrogens (tertiary/aromatic N) is 1. The molecular weight excluding hydrogens is 110 g/mol. The van der Waals surface area contributed by atoms with Crippen LogP contribution < -0.4 is 4.67 Å². The molecule has 0 spiro atoms. The van der Waals surface area contributed by atoms with E-state index < -0.39 is 0 Å². The van der Waals surface area contributed by atoms with Crippen LogP contribution in [-0.2, 0) is 0 Å². The molecule has 1 nitrogen and oxygen atoms in total. The van der Waals surface area contributed by atoms with Crippen molar-refractivity contribution >= 4 is 12.4 Å². The Bertz CT molecular complexity index is 266. The smallest absolute Gasteiger partial charge is 0.0996 e. The summed E-state index contributed by atoms with van der Waals surface area (Å²) in [6.45, 7) is 0. The van der Waals surface area contributed by atoms with Crippen LogP contribution in [0.2, 0.25) is 0 Å². The van der Waals surface area contributed by atoms with Crippen molar-refractivity contribution in [2.24, 2.45) is 0 Å². The molecule has 1 heterocycles. The first-order valence-electron chi connectivity index (χ1n) is 2.92. The van der Waals surface area contributed by atoms with Crippen LogP contribution in [0.4, 0.5) is 0 Å². The Morgan fingerprint density at radius 1 is 0.889 bits per heavy atom. The van der Waals surface area contributed by atoms with Crippen LogP contribution in [0.15, 0.2) is 24.3 Å². The van der Waals surface area contributed by atoms with E-state index in [4.69, 9.17) is 0 Å². The summed E-state index contributed by atoms with van der Waals surface area (Å²) < 4.78 is 4.00. The van der Waals surface area contributed by atoms with Gasteiger partial charge in [-0.1, -0.05) is 16.8 Å². The van der Waals surface area contributed by atoms with Crippen molar-refractivity contribution in [1.29, 1.82) is 0 Å². The highest BCUT2D eigenvalue weighted by molar-refractivity contribution is 6.00. The first-order valence-corrected chi connectivity index (χ1v) is 2.92. The molecule has 0 aromatic heterocycles. The number of rotatable bonds is 0. The molecule has 1 aliphatic heterocycles. The summed E-state index contributed by atoms with van der Waals surface area (Å²) in [6, 6.07) is 8.15. The van der Waals surface area contributed by atoms with E-state index in [1.807, 2.05) is 24.6 Å². The number of hydrogen-bond acceptors (Lipinski definition) is 0. The lowest BCUT2D eigenvalue weighted by Gasteiger charge is -1.83. The number of benzene rings is 1. The zero-order chi connectivity index (χ0) is 6.10. The molecule has 0 saturated heterocycles. The van der Waals surface area contributed by atoms with Crippen LogP contribution in [0.1, 0.15) is 11.1 Å². The predicted molar refractivity (Wildman–Crippen MR) is 38.9 cm³/mol. The second-order valence-electron chi connectivity index (χ2n) is 2.04. The highest BCUT2D eigenvalue weighted by Crippen LogP contribution is 2.03. The minimum atomic E-state index is 1.22. The maximum absolute atomic E-state index is 4.00. The van der Waals surface area contributed by atoms with Crippen molar-refractivity contribution in [3.63, 3.8) is 0 Å². The van der Waals surface area contributed by atoms with Crippen LogP contribution in [-0.4, -0.2) is 12.4 Å². The molecule has 2 rings (SSSR count). The third-order valence-electron chi connectivity index (χ3n) is 1.42. The van der Waals surface area contributed by atoms with Gasteiger partial charge in [-0.25, -0.2) is 0 Å². The molecule has 0 radical (unpaired) electrons. The monoisotopic (exact) mass is 116 g/mol. The number of hydrogen-bond donors (Lipinski definition) is 0. The summed E-state index contributed by atoms with van der Waals surface area (Å²) in [5.74, 6) is 0. The van der Waals surface area contributed by atoms with Gasteiger partial charge in [0.25, 0.3) is 12.4 Å². The Hall–Kier alpha value is -1.33. The van der Waals surface area contributed by atoms with Crippen molar-refractivity contribution in [1.82, 2.24) is 4.67 Å².